The first kappa shape index (κ1) is 13.5. The van der Waals surface area contributed by atoms with Gasteiger partial charge < -0.3 is 15.3 Å². The van der Waals surface area contributed by atoms with E-state index >= 15 is 0 Å². The molecular formula is C12H24N2O2. The van der Waals surface area contributed by atoms with Gasteiger partial charge in [0.15, 0.2) is 0 Å². The molecule has 3 atom stereocenters. The molecule has 4 heteroatoms. The maximum absolute atomic E-state index is 12.1. The Kier molecular flexibility index (Phi) is 5.22. The summed E-state index contributed by atoms with van der Waals surface area (Å²) >= 11 is 0. The largest absolute Gasteiger partial charge is 0.391 e. The molecule has 0 aromatic carbocycles. The SMILES string of the molecule is CNCC(C)C(=O)N(C)C1CCCCC1O. The molecule has 16 heavy (non-hydrogen) atoms. The molecule has 1 aliphatic rings. The van der Waals surface area contributed by atoms with Crippen LogP contribution in [-0.4, -0.2) is 48.7 Å². The summed E-state index contributed by atoms with van der Waals surface area (Å²) in [7, 11) is 3.66. The van der Waals surface area contributed by atoms with Crippen LogP contribution < -0.4 is 5.32 Å². The average Bonchev–Trinajstić information content (AvgIpc) is 2.28. The molecule has 3 unspecified atom stereocenters. The van der Waals surface area contributed by atoms with Gasteiger partial charge >= 0.3 is 0 Å². The standard InChI is InChI=1S/C12H24N2O2/c1-9(8-13-2)12(16)14(3)10-6-4-5-7-11(10)15/h9-11,13,15H,4-8H2,1-3H3. The summed E-state index contributed by atoms with van der Waals surface area (Å²) in [6.07, 6.45) is 3.59. The zero-order chi connectivity index (χ0) is 12.1. The van der Waals surface area contributed by atoms with Gasteiger partial charge in [0.05, 0.1) is 12.1 Å². The van der Waals surface area contributed by atoms with E-state index in [-0.39, 0.29) is 24.0 Å². The normalized spacial score (nSPS) is 27.5. The molecule has 0 spiro atoms. The Morgan fingerprint density at radius 3 is 2.69 bits per heavy atom. The van der Waals surface area contributed by atoms with E-state index in [2.05, 4.69) is 5.32 Å². The maximum atomic E-state index is 12.1. The summed E-state index contributed by atoms with van der Waals surface area (Å²) in [5, 5.41) is 12.9. The number of carbonyl (C=O) groups excluding carboxylic acids is 1. The quantitative estimate of drug-likeness (QED) is 0.741. The smallest absolute Gasteiger partial charge is 0.226 e. The fourth-order valence-electron chi connectivity index (χ4n) is 2.45. The third-order valence-electron chi connectivity index (χ3n) is 3.47. The maximum Gasteiger partial charge on any atom is 0.226 e. The Morgan fingerprint density at radius 1 is 1.50 bits per heavy atom. The molecule has 1 aliphatic carbocycles. The molecular weight excluding hydrogens is 204 g/mol. The highest BCUT2D eigenvalue weighted by atomic mass is 16.3. The van der Waals surface area contributed by atoms with E-state index in [4.69, 9.17) is 0 Å². The third kappa shape index (κ3) is 3.19. The monoisotopic (exact) mass is 228 g/mol. The van der Waals surface area contributed by atoms with Crippen molar-refractivity contribution in [1.29, 1.82) is 0 Å². The van der Waals surface area contributed by atoms with Crippen LogP contribution in [0.25, 0.3) is 0 Å². The molecule has 0 radical (unpaired) electrons. The van der Waals surface area contributed by atoms with Crippen molar-refractivity contribution in [1.82, 2.24) is 10.2 Å². The number of hydrogen-bond acceptors (Lipinski definition) is 3. The predicted molar refractivity (Wildman–Crippen MR) is 64.1 cm³/mol. The van der Waals surface area contributed by atoms with E-state index in [1.54, 1.807) is 4.90 Å². The lowest BCUT2D eigenvalue weighted by atomic mass is 9.91. The highest BCUT2D eigenvalue weighted by molar-refractivity contribution is 5.78. The molecule has 2 N–H and O–H groups in total. The molecule has 1 saturated carbocycles. The Balaban J connectivity index is 2.54. The Morgan fingerprint density at radius 2 is 2.12 bits per heavy atom. The van der Waals surface area contributed by atoms with Gasteiger partial charge in [0.2, 0.25) is 5.91 Å². The second-order valence-corrected chi connectivity index (χ2v) is 4.83. The van der Waals surface area contributed by atoms with Gasteiger partial charge in [0.25, 0.3) is 0 Å². The van der Waals surface area contributed by atoms with Crippen molar-refractivity contribution in [2.75, 3.05) is 20.6 Å². The van der Waals surface area contributed by atoms with Gasteiger partial charge in [0, 0.05) is 19.5 Å². The van der Waals surface area contributed by atoms with Gasteiger partial charge in [0.1, 0.15) is 0 Å². The number of nitrogens with one attached hydrogen (secondary N) is 1. The topological polar surface area (TPSA) is 52.6 Å². The fraction of sp³-hybridized carbons (Fsp3) is 0.917. The molecule has 0 aromatic rings. The number of likely N-dealkylation sites (N-methyl/N-ethyl adjacent to an activating group) is 1. The molecule has 0 bridgehead atoms. The van der Waals surface area contributed by atoms with Crippen molar-refractivity contribution in [3.63, 3.8) is 0 Å². The Hall–Kier alpha value is -0.610. The average molecular weight is 228 g/mol. The molecule has 0 aliphatic heterocycles. The summed E-state index contributed by atoms with van der Waals surface area (Å²) in [6.45, 7) is 2.61. The number of aliphatic hydroxyl groups is 1. The lowest BCUT2D eigenvalue weighted by Gasteiger charge is -2.36. The number of hydrogen-bond donors (Lipinski definition) is 2. The molecule has 1 fully saturated rings. The zero-order valence-corrected chi connectivity index (χ0v) is 10.6. The van der Waals surface area contributed by atoms with Gasteiger partial charge in [-0.15, -0.1) is 0 Å². The van der Waals surface area contributed by atoms with Gasteiger partial charge in [-0.1, -0.05) is 19.8 Å². The molecule has 0 aromatic heterocycles. The van der Waals surface area contributed by atoms with Gasteiger partial charge in [-0.25, -0.2) is 0 Å². The molecule has 1 rings (SSSR count). The molecule has 1 amide bonds. The van der Waals surface area contributed by atoms with E-state index in [0.29, 0.717) is 6.54 Å². The lowest BCUT2D eigenvalue weighted by molar-refractivity contribution is -0.139. The molecule has 94 valence electrons. The van der Waals surface area contributed by atoms with Crippen LogP contribution in [-0.2, 0) is 4.79 Å². The van der Waals surface area contributed by atoms with E-state index in [9.17, 15) is 9.90 Å². The number of amides is 1. The van der Waals surface area contributed by atoms with Crippen molar-refractivity contribution in [3.05, 3.63) is 0 Å². The summed E-state index contributed by atoms with van der Waals surface area (Å²) in [6, 6.07) is 0.0144. The first-order chi connectivity index (χ1) is 7.57. The van der Waals surface area contributed by atoms with Crippen molar-refractivity contribution >= 4 is 5.91 Å². The van der Waals surface area contributed by atoms with Crippen molar-refractivity contribution in [3.8, 4) is 0 Å². The van der Waals surface area contributed by atoms with E-state index in [1.807, 2.05) is 21.0 Å². The van der Waals surface area contributed by atoms with Crippen LogP contribution in [0.15, 0.2) is 0 Å². The fourth-order valence-corrected chi connectivity index (χ4v) is 2.45. The summed E-state index contributed by atoms with van der Waals surface area (Å²) < 4.78 is 0. The Bertz CT molecular complexity index is 233. The van der Waals surface area contributed by atoms with Gasteiger partial charge in [-0.3, -0.25) is 4.79 Å². The van der Waals surface area contributed by atoms with Crippen LogP contribution in [0.4, 0.5) is 0 Å². The van der Waals surface area contributed by atoms with E-state index < -0.39 is 0 Å². The second kappa shape index (κ2) is 6.21. The number of aliphatic hydroxyl groups excluding tert-OH is 1. The second-order valence-electron chi connectivity index (χ2n) is 4.83. The first-order valence-corrected chi connectivity index (χ1v) is 6.17. The van der Waals surface area contributed by atoms with E-state index in [1.165, 1.54) is 0 Å². The summed E-state index contributed by atoms with van der Waals surface area (Å²) in [4.78, 5) is 13.8. The number of rotatable bonds is 4. The minimum Gasteiger partial charge on any atom is -0.391 e. The van der Waals surface area contributed by atoms with Crippen LogP contribution >= 0.6 is 0 Å². The van der Waals surface area contributed by atoms with Crippen LogP contribution in [0.2, 0.25) is 0 Å². The van der Waals surface area contributed by atoms with Gasteiger partial charge in [-0.2, -0.15) is 0 Å². The lowest BCUT2D eigenvalue weighted by Crippen LogP contribution is -2.49. The first-order valence-electron chi connectivity index (χ1n) is 6.17. The van der Waals surface area contributed by atoms with Crippen LogP contribution in [0, 0.1) is 5.92 Å². The van der Waals surface area contributed by atoms with E-state index in [0.717, 1.165) is 25.7 Å². The van der Waals surface area contributed by atoms with Gasteiger partial charge in [-0.05, 0) is 19.9 Å². The van der Waals surface area contributed by atoms with Crippen molar-refractivity contribution in [2.24, 2.45) is 5.92 Å². The number of nitrogens with zero attached hydrogens (tertiary/aromatic N) is 1. The zero-order valence-electron chi connectivity index (χ0n) is 10.6. The summed E-state index contributed by atoms with van der Waals surface area (Å²) in [5.74, 6) is 0.101. The van der Waals surface area contributed by atoms with Crippen LogP contribution in [0.3, 0.4) is 0 Å². The van der Waals surface area contributed by atoms with Crippen molar-refractivity contribution < 1.29 is 9.90 Å². The summed E-state index contributed by atoms with van der Waals surface area (Å²) in [5.41, 5.74) is 0. The van der Waals surface area contributed by atoms with Crippen LogP contribution in [0.5, 0.6) is 0 Å². The van der Waals surface area contributed by atoms with Crippen LogP contribution in [0.1, 0.15) is 32.6 Å². The predicted octanol–water partition coefficient (Wildman–Crippen LogP) is 0.604. The van der Waals surface area contributed by atoms with Crippen molar-refractivity contribution in [2.45, 2.75) is 44.8 Å². The number of carbonyl (C=O) groups is 1. The highest BCUT2D eigenvalue weighted by Gasteiger charge is 2.30. The minimum absolute atomic E-state index is 0.0144. The molecule has 4 nitrogen and oxygen atoms in total. The Labute approximate surface area is 98.0 Å². The third-order valence-corrected chi connectivity index (χ3v) is 3.47. The molecule has 0 saturated heterocycles. The molecule has 0 heterocycles. The minimum atomic E-state index is -0.343. The highest BCUT2D eigenvalue weighted by Crippen LogP contribution is 2.23.